The Bertz CT molecular complexity index is 470. The molecule has 0 fully saturated rings. The molecule has 0 aliphatic carbocycles. The van der Waals surface area contributed by atoms with Crippen molar-refractivity contribution in [2.24, 2.45) is 7.05 Å². The summed E-state index contributed by atoms with van der Waals surface area (Å²) in [5, 5.41) is 12.6. The van der Waals surface area contributed by atoms with Crippen LogP contribution in [-0.4, -0.2) is 20.9 Å². The van der Waals surface area contributed by atoms with Crippen LogP contribution in [-0.2, 0) is 7.05 Å². The number of nitrogens with zero attached hydrogens (tertiary/aromatic N) is 2. The number of aromatic nitrogens is 2. The van der Waals surface area contributed by atoms with Gasteiger partial charge in [-0.2, -0.15) is 5.10 Å². The first-order chi connectivity index (χ1) is 6.68. The molecular formula is C9H8N2O3. The molecule has 0 radical (unpaired) electrons. The van der Waals surface area contributed by atoms with Crippen LogP contribution < -0.4 is 0 Å². The maximum Gasteiger partial charge on any atom is 0.371 e. The third-order valence-electron chi connectivity index (χ3n) is 1.89. The number of aryl methyl sites for hydroxylation is 1. The number of hydrogen-bond acceptors (Lipinski definition) is 3. The lowest BCUT2D eigenvalue weighted by Crippen LogP contribution is -1.93. The molecule has 0 amide bonds. The van der Waals surface area contributed by atoms with Crippen molar-refractivity contribution in [3.63, 3.8) is 0 Å². The lowest BCUT2D eigenvalue weighted by atomic mass is 10.3. The maximum absolute atomic E-state index is 10.6. The SMILES string of the molecule is Cn1nccc1-c1ccc(C(=O)O)o1. The van der Waals surface area contributed by atoms with Gasteiger partial charge in [-0.1, -0.05) is 0 Å². The van der Waals surface area contributed by atoms with Gasteiger partial charge in [0, 0.05) is 13.2 Å². The molecule has 0 atom stereocenters. The van der Waals surface area contributed by atoms with Gasteiger partial charge in [-0.25, -0.2) is 4.79 Å². The van der Waals surface area contributed by atoms with Crippen LogP contribution in [0.4, 0.5) is 0 Å². The normalized spacial score (nSPS) is 10.4. The number of carbonyl (C=O) groups is 1. The van der Waals surface area contributed by atoms with E-state index in [2.05, 4.69) is 5.10 Å². The molecular weight excluding hydrogens is 184 g/mol. The molecule has 2 aromatic heterocycles. The highest BCUT2D eigenvalue weighted by molar-refractivity contribution is 5.85. The van der Waals surface area contributed by atoms with E-state index in [9.17, 15) is 4.79 Å². The summed E-state index contributed by atoms with van der Waals surface area (Å²) in [7, 11) is 1.76. The summed E-state index contributed by atoms with van der Waals surface area (Å²) in [6, 6.07) is 4.79. The molecule has 0 spiro atoms. The molecule has 0 aliphatic heterocycles. The van der Waals surface area contributed by atoms with Gasteiger partial charge in [0.15, 0.2) is 5.76 Å². The van der Waals surface area contributed by atoms with Gasteiger partial charge in [0.1, 0.15) is 5.69 Å². The molecule has 72 valence electrons. The van der Waals surface area contributed by atoms with Crippen LogP contribution in [0.5, 0.6) is 0 Å². The summed E-state index contributed by atoms with van der Waals surface area (Å²) in [4.78, 5) is 10.6. The second-order valence-corrected chi connectivity index (χ2v) is 2.81. The van der Waals surface area contributed by atoms with E-state index in [0.717, 1.165) is 5.69 Å². The molecule has 0 saturated heterocycles. The van der Waals surface area contributed by atoms with Gasteiger partial charge in [-0.05, 0) is 18.2 Å². The lowest BCUT2D eigenvalue weighted by Gasteiger charge is -1.95. The zero-order chi connectivity index (χ0) is 10.1. The molecule has 0 unspecified atom stereocenters. The van der Waals surface area contributed by atoms with Gasteiger partial charge in [0.2, 0.25) is 5.76 Å². The van der Waals surface area contributed by atoms with E-state index in [-0.39, 0.29) is 5.76 Å². The fourth-order valence-electron chi connectivity index (χ4n) is 1.21. The van der Waals surface area contributed by atoms with Crippen molar-refractivity contribution >= 4 is 5.97 Å². The summed E-state index contributed by atoms with van der Waals surface area (Å²) in [6.45, 7) is 0. The Labute approximate surface area is 79.6 Å². The number of carboxylic acid groups (broad SMARTS) is 1. The summed E-state index contributed by atoms with van der Waals surface area (Å²) >= 11 is 0. The summed E-state index contributed by atoms with van der Waals surface area (Å²) in [6.07, 6.45) is 1.62. The highest BCUT2D eigenvalue weighted by Gasteiger charge is 2.11. The molecule has 0 aliphatic rings. The summed E-state index contributed by atoms with van der Waals surface area (Å²) < 4.78 is 6.73. The van der Waals surface area contributed by atoms with Gasteiger partial charge in [0.05, 0.1) is 0 Å². The van der Waals surface area contributed by atoms with E-state index < -0.39 is 5.97 Å². The van der Waals surface area contributed by atoms with Gasteiger partial charge in [-0.3, -0.25) is 4.68 Å². The predicted molar refractivity (Wildman–Crippen MR) is 47.9 cm³/mol. The zero-order valence-electron chi connectivity index (χ0n) is 7.47. The van der Waals surface area contributed by atoms with Crippen LogP contribution in [0.3, 0.4) is 0 Å². The minimum atomic E-state index is -1.07. The van der Waals surface area contributed by atoms with E-state index in [1.807, 2.05) is 0 Å². The molecule has 2 heterocycles. The molecule has 1 N–H and O–H groups in total. The minimum absolute atomic E-state index is 0.0683. The Kier molecular flexibility index (Phi) is 1.85. The van der Waals surface area contributed by atoms with Gasteiger partial charge in [-0.15, -0.1) is 0 Å². The lowest BCUT2D eigenvalue weighted by molar-refractivity contribution is 0.0663. The molecule has 0 bridgehead atoms. The molecule has 14 heavy (non-hydrogen) atoms. The summed E-state index contributed by atoms with van der Waals surface area (Å²) in [5.41, 5.74) is 0.748. The zero-order valence-corrected chi connectivity index (χ0v) is 7.47. The van der Waals surface area contributed by atoms with Crippen LogP contribution >= 0.6 is 0 Å². The average molecular weight is 192 g/mol. The molecule has 0 aromatic carbocycles. The summed E-state index contributed by atoms with van der Waals surface area (Å²) in [5.74, 6) is -0.637. The number of rotatable bonds is 2. The quantitative estimate of drug-likeness (QED) is 0.780. The van der Waals surface area contributed by atoms with E-state index >= 15 is 0 Å². The smallest absolute Gasteiger partial charge is 0.371 e. The largest absolute Gasteiger partial charge is 0.475 e. The molecule has 2 rings (SSSR count). The first-order valence-electron chi connectivity index (χ1n) is 4.00. The Morgan fingerprint density at radius 3 is 2.79 bits per heavy atom. The van der Waals surface area contributed by atoms with Gasteiger partial charge < -0.3 is 9.52 Å². The van der Waals surface area contributed by atoms with Crippen LogP contribution in [0, 0.1) is 0 Å². The Hall–Kier alpha value is -2.04. The van der Waals surface area contributed by atoms with Crippen LogP contribution in [0.15, 0.2) is 28.8 Å². The second-order valence-electron chi connectivity index (χ2n) is 2.81. The number of furan rings is 1. The first-order valence-corrected chi connectivity index (χ1v) is 4.00. The van der Waals surface area contributed by atoms with Gasteiger partial charge >= 0.3 is 5.97 Å². The minimum Gasteiger partial charge on any atom is -0.475 e. The number of carboxylic acids is 1. The van der Waals surface area contributed by atoms with Crippen molar-refractivity contribution in [3.8, 4) is 11.5 Å². The topological polar surface area (TPSA) is 68.3 Å². The Balaban J connectivity index is 2.43. The van der Waals surface area contributed by atoms with Crippen molar-refractivity contribution in [2.75, 3.05) is 0 Å². The van der Waals surface area contributed by atoms with E-state index in [4.69, 9.17) is 9.52 Å². The number of aromatic carboxylic acids is 1. The molecule has 0 saturated carbocycles. The second kappa shape index (κ2) is 3.02. The Morgan fingerprint density at radius 2 is 2.29 bits per heavy atom. The fraction of sp³-hybridized carbons (Fsp3) is 0.111. The predicted octanol–water partition coefficient (Wildman–Crippen LogP) is 1.38. The maximum atomic E-state index is 10.6. The highest BCUT2D eigenvalue weighted by atomic mass is 16.4. The van der Waals surface area contributed by atoms with Crippen molar-refractivity contribution in [1.29, 1.82) is 0 Å². The van der Waals surface area contributed by atoms with E-state index in [0.29, 0.717) is 5.76 Å². The van der Waals surface area contributed by atoms with Crippen molar-refractivity contribution in [1.82, 2.24) is 9.78 Å². The average Bonchev–Trinajstić information content (AvgIpc) is 2.71. The number of hydrogen-bond donors (Lipinski definition) is 1. The molecule has 5 heteroatoms. The fourth-order valence-corrected chi connectivity index (χ4v) is 1.21. The van der Waals surface area contributed by atoms with Crippen molar-refractivity contribution in [2.45, 2.75) is 0 Å². The monoisotopic (exact) mass is 192 g/mol. The van der Waals surface area contributed by atoms with Crippen molar-refractivity contribution in [3.05, 3.63) is 30.2 Å². The van der Waals surface area contributed by atoms with Crippen LogP contribution in [0.1, 0.15) is 10.6 Å². The molecule has 5 nitrogen and oxygen atoms in total. The highest BCUT2D eigenvalue weighted by Crippen LogP contribution is 2.20. The standard InChI is InChI=1S/C9H8N2O3/c1-11-6(4-5-10-11)7-2-3-8(14-7)9(12)13/h2-5H,1H3,(H,12,13). The van der Waals surface area contributed by atoms with E-state index in [1.54, 1.807) is 30.1 Å². The van der Waals surface area contributed by atoms with Crippen LogP contribution in [0.2, 0.25) is 0 Å². The first kappa shape index (κ1) is 8.55. The Morgan fingerprint density at radius 1 is 1.50 bits per heavy atom. The van der Waals surface area contributed by atoms with Crippen LogP contribution in [0.25, 0.3) is 11.5 Å². The molecule has 2 aromatic rings. The van der Waals surface area contributed by atoms with Crippen molar-refractivity contribution < 1.29 is 14.3 Å². The third kappa shape index (κ3) is 1.28. The van der Waals surface area contributed by atoms with E-state index in [1.165, 1.54) is 6.07 Å². The van der Waals surface area contributed by atoms with Gasteiger partial charge in [0.25, 0.3) is 0 Å². The third-order valence-corrected chi connectivity index (χ3v) is 1.89.